The standard InChI is InChI=1S/C37H39N3O3/c1-2-43-37(42)31-14-16-32(17-15-31)40-22-19-30-13-18-33(27-35(30)36(40)41)39-25-23-38(24-26-39)21-20-34(28-9-5-3-6-10-28)29-11-7-4-8-12-29/h3-18,27,34H,2,19-26H2,1H3. The predicted octanol–water partition coefficient (Wildman–Crippen LogP) is 6.41. The van der Waals surface area contributed by atoms with Gasteiger partial charge < -0.3 is 14.5 Å². The SMILES string of the molecule is CCOC(=O)c1ccc(N2CCc3ccc(N4CCN(CCC(c5ccccc5)c5ccccc5)CC4)cc3C2=O)cc1. The Bertz CT molecular complexity index is 1490. The highest BCUT2D eigenvalue weighted by Gasteiger charge is 2.27. The van der Waals surface area contributed by atoms with Crippen molar-refractivity contribution in [2.75, 3.05) is 55.7 Å². The number of amides is 1. The van der Waals surface area contributed by atoms with E-state index in [1.165, 1.54) is 11.1 Å². The molecule has 2 heterocycles. The molecule has 6 heteroatoms. The molecule has 1 amide bonds. The number of fused-ring (bicyclic) bond motifs is 1. The largest absolute Gasteiger partial charge is 0.462 e. The van der Waals surface area contributed by atoms with Gasteiger partial charge in [-0.1, -0.05) is 66.7 Å². The predicted molar refractivity (Wildman–Crippen MR) is 172 cm³/mol. The fraction of sp³-hybridized carbons (Fsp3) is 0.297. The first-order valence-corrected chi connectivity index (χ1v) is 15.4. The van der Waals surface area contributed by atoms with Crippen LogP contribution in [-0.2, 0) is 11.2 Å². The van der Waals surface area contributed by atoms with Crippen LogP contribution in [0.1, 0.15) is 56.7 Å². The number of hydrogen-bond acceptors (Lipinski definition) is 5. The number of benzene rings is 4. The van der Waals surface area contributed by atoms with Gasteiger partial charge in [-0.3, -0.25) is 9.69 Å². The van der Waals surface area contributed by atoms with Gasteiger partial charge in [0.25, 0.3) is 5.91 Å². The third-order valence-corrected chi connectivity index (χ3v) is 8.74. The second kappa shape index (κ2) is 13.3. The van der Waals surface area contributed by atoms with E-state index in [2.05, 4.69) is 88.7 Å². The normalized spacial score (nSPS) is 15.4. The first-order valence-electron chi connectivity index (χ1n) is 15.4. The average Bonchev–Trinajstić information content (AvgIpc) is 3.06. The second-order valence-corrected chi connectivity index (χ2v) is 11.3. The van der Waals surface area contributed by atoms with Crippen LogP contribution in [-0.4, -0.2) is 62.7 Å². The lowest BCUT2D eigenvalue weighted by Crippen LogP contribution is -2.47. The number of hydrogen-bond donors (Lipinski definition) is 0. The molecule has 43 heavy (non-hydrogen) atoms. The summed E-state index contributed by atoms with van der Waals surface area (Å²) in [5.74, 6) is 0.0520. The highest BCUT2D eigenvalue weighted by molar-refractivity contribution is 6.09. The summed E-state index contributed by atoms with van der Waals surface area (Å²) >= 11 is 0. The Balaban J connectivity index is 1.08. The first-order chi connectivity index (χ1) is 21.1. The fourth-order valence-corrected chi connectivity index (χ4v) is 6.33. The molecule has 1 saturated heterocycles. The van der Waals surface area contributed by atoms with Crippen molar-refractivity contribution in [3.05, 3.63) is 131 Å². The maximum absolute atomic E-state index is 13.6. The third-order valence-electron chi connectivity index (χ3n) is 8.74. The molecule has 0 unspecified atom stereocenters. The van der Waals surface area contributed by atoms with Crippen LogP contribution in [0, 0.1) is 0 Å². The van der Waals surface area contributed by atoms with Gasteiger partial charge in [0.1, 0.15) is 0 Å². The van der Waals surface area contributed by atoms with E-state index in [1.807, 2.05) is 17.0 Å². The molecule has 6 rings (SSSR count). The van der Waals surface area contributed by atoms with Crippen molar-refractivity contribution in [3.63, 3.8) is 0 Å². The van der Waals surface area contributed by atoms with Crippen LogP contribution in [0.2, 0.25) is 0 Å². The zero-order valence-corrected chi connectivity index (χ0v) is 24.8. The molecule has 1 fully saturated rings. The zero-order chi connectivity index (χ0) is 29.6. The number of carbonyl (C=O) groups excluding carboxylic acids is 2. The lowest BCUT2D eigenvalue weighted by molar-refractivity contribution is 0.0526. The molecule has 0 radical (unpaired) electrons. The maximum atomic E-state index is 13.6. The van der Waals surface area contributed by atoms with Crippen LogP contribution in [0.25, 0.3) is 0 Å². The van der Waals surface area contributed by atoms with Gasteiger partial charge in [0.05, 0.1) is 12.2 Å². The van der Waals surface area contributed by atoms with Crippen molar-refractivity contribution in [3.8, 4) is 0 Å². The fourth-order valence-electron chi connectivity index (χ4n) is 6.33. The van der Waals surface area contributed by atoms with Crippen molar-refractivity contribution in [2.45, 2.75) is 25.7 Å². The highest BCUT2D eigenvalue weighted by Crippen LogP contribution is 2.30. The van der Waals surface area contributed by atoms with E-state index in [-0.39, 0.29) is 11.9 Å². The molecule has 2 aliphatic rings. The molecule has 4 aromatic carbocycles. The van der Waals surface area contributed by atoms with Crippen LogP contribution in [0.5, 0.6) is 0 Å². The number of esters is 1. The van der Waals surface area contributed by atoms with Gasteiger partial charge in [0, 0.05) is 55.6 Å². The molecule has 0 spiro atoms. The molecule has 0 aliphatic carbocycles. The Kier molecular flexibility index (Phi) is 8.85. The number of carbonyl (C=O) groups is 2. The maximum Gasteiger partial charge on any atom is 0.338 e. The average molecular weight is 574 g/mol. The molecule has 0 bridgehead atoms. The first kappa shape index (κ1) is 28.7. The summed E-state index contributed by atoms with van der Waals surface area (Å²) in [4.78, 5) is 32.4. The van der Waals surface area contributed by atoms with Crippen LogP contribution in [0.3, 0.4) is 0 Å². The number of rotatable bonds is 9. The van der Waals surface area contributed by atoms with Crippen molar-refractivity contribution >= 4 is 23.3 Å². The molecule has 0 aromatic heterocycles. The van der Waals surface area contributed by atoms with Crippen molar-refractivity contribution in [2.24, 2.45) is 0 Å². The molecule has 6 nitrogen and oxygen atoms in total. The van der Waals surface area contributed by atoms with Gasteiger partial charge in [0.15, 0.2) is 0 Å². The Morgan fingerprint density at radius 1 is 0.767 bits per heavy atom. The lowest BCUT2D eigenvalue weighted by atomic mass is 9.88. The summed E-state index contributed by atoms with van der Waals surface area (Å²) in [6.45, 7) is 7.67. The lowest BCUT2D eigenvalue weighted by Gasteiger charge is -2.37. The van der Waals surface area contributed by atoms with Gasteiger partial charge in [-0.25, -0.2) is 4.79 Å². The zero-order valence-electron chi connectivity index (χ0n) is 24.8. The van der Waals surface area contributed by atoms with Crippen molar-refractivity contribution in [1.82, 2.24) is 4.90 Å². The third kappa shape index (κ3) is 6.50. The Hall–Kier alpha value is -4.42. The molecule has 4 aromatic rings. The summed E-state index contributed by atoms with van der Waals surface area (Å²) in [5.41, 5.74) is 7.01. The number of nitrogens with zero attached hydrogens (tertiary/aromatic N) is 3. The topological polar surface area (TPSA) is 53.1 Å². The van der Waals surface area contributed by atoms with E-state index in [4.69, 9.17) is 4.74 Å². The Morgan fingerprint density at radius 3 is 2.02 bits per heavy atom. The Morgan fingerprint density at radius 2 is 1.40 bits per heavy atom. The summed E-state index contributed by atoms with van der Waals surface area (Å²) in [7, 11) is 0. The molecule has 0 N–H and O–H groups in total. The van der Waals surface area contributed by atoms with Gasteiger partial charge in [0.2, 0.25) is 0 Å². The van der Waals surface area contributed by atoms with E-state index in [0.717, 1.165) is 68.1 Å². The van der Waals surface area contributed by atoms with Crippen LogP contribution >= 0.6 is 0 Å². The van der Waals surface area contributed by atoms with E-state index in [9.17, 15) is 9.59 Å². The van der Waals surface area contributed by atoms with Gasteiger partial charge in [-0.05, 0) is 79.4 Å². The minimum atomic E-state index is -0.346. The van der Waals surface area contributed by atoms with Gasteiger partial charge in [-0.2, -0.15) is 0 Å². The number of ether oxygens (including phenoxy) is 1. The smallest absolute Gasteiger partial charge is 0.338 e. The molecule has 220 valence electrons. The number of anilines is 2. The van der Waals surface area contributed by atoms with Crippen molar-refractivity contribution in [1.29, 1.82) is 0 Å². The Labute approximate surface area is 254 Å². The number of piperazine rings is 1. The molecular weight excluding hydrogens is 534 g/mol. The minimum Gasteiger partial charge on any atom is -0.462 e. The highest BCUT2D eigenvalue weighted by atomic mass is 16.5. The van der Waals surface area contributed by atoms with Crippen LogP contribution in [0.15, 0.2) is 103 Å². The molecule has 0 saturated carbocycles. The molecular formula is C37H39N3O3. The molecule has 2 aliphatic heterocycles. The van der Waals surface area contributed by atoms with E-state index in [1.54, 1.807) is 19.1 Å². The van der Waals surface area contributed by atoms with Crippen LogP contribution < -0.4 is 9.80 Å². The van der Waals surface area contributed by atoms with E-state index in [0.29, 0.717) is 24.6 Å². The second-order valence-electron chi connectivity index (χ2n) is 11.3. The quantitative estimate of drug-likeness (QED) is 0.217. The monoisotopic (exact) mass is 573 g/mol. The van der Waals surface area contributed by atoms with Gasteiger partial charge >= 0.3 is 5.97 Å². The summed E-state index contributed by atoms with van der Waals surface area (Å²) in [6.07, 6.45) is 1.89. The van der Waals surface area contributed by atoms with Crippen molar-refractivity contribution < 1.29 is 14.3 Å². The van der Waals surface area contributed by atoms with E-state index < -0.39 is 0 Å². The summed E-state index contributed by atoms with van der Waals surface area (Å²) in [5, 5.41) is 0. The summed E-state index contributed by atoms with van der Waals surface area (Å²) < 4.78 is 5.09. The van der Waals surface area contributed by atoms with Gasteiger partial charge in [-0.15, -0.1) is 0 Å². The van der Waals surface area contributed by atoms with E-state index >= 15 is 0 Å². The summed E-state index contributed by atoms with van der Waals surface area (Å²) in [6, 6.07) is 35.2. The molecule has 0 atom stereocenters. The minimum absolute atomic E-state index is 0.0125. The van der Waals surface area contributed by atoms with Crippen LogP contribution in [0.4, 0.5) is 11.4 Å².